The molecule has 0 aliphatic heterocycles. The van der Waals surface area contributed by atoms with Gasteiger partial charge in [-0.05, 0) is 30.7 Å². The maximum atomic E-state index is 13.8. The van der Waals surface area contributed by atoms with Crippen molar-refractivity contribution in [2.75, 3.05) is 6.61 Å². The predicted molar refractivity (Wildman–Crippen MR) is 77.8 cm³/mol. The van der Waals surface area contributed by atoms with Crippen LogP contribution in [0.1, 0.15) is 17.4 Å². The van der Waals surface area contributed by atoms with Gasteiger partial charge in [0.1, 0.15) is 24.1 Å². The number of hydrogen-bond acceptors (Lipinski definition) is 3. The Kier molecular flexibility index (Phi) is 3.62. The zero-order valence-corrected chi connectivity index (χ0v) is 11.5. The molecule has 0 bridgehead atoms. The van der Waals surface area contributed by atoms with Crippen LogP contribution in [-0.4, -0.2) is 11.7 Å². The SMILES string of the molecule is Cc1cccc(OCC(O)c2cc3ccccc3o2)c1F. The molecular formula is C17H15FO3. The van der Waals surface area contributed by atoms with Crippen LogP contribution < -0.4 is 4.74 Å². The van der Waals surface area contributed by atoms with Gasteiger partial charge in [-0.3, -0.25) is 0 Å². The van der Waals surface area contributed by atoms with Gasteiger partial charge in [-0.25, -0.2) is 4.39 Å². The van der Waals surface area contributed by atoms with Crippen molar-refractivity contribution in [3.8, 4) is 5.75 Å². The van der Waals surface area contributed by atoms with Crippen molar-refractivity contribution in [3.63, 3.8) is 0 Å². The van der Waals surface area contributed by atoms with Gasteiger partial charge in [0.05, 0.1) is 0 Å². The monoisotopic (exact) mass is 286 g/mol. The molecule has 0 saturated carbocycles. The van der Waals surface area contributed by atoms with Gasteiger partial charge in [0, 0.05) is 5.39 Å². The van der Waals surface area contributed by atoms with Crippen LogP contribution in [0.25, 0.3) is 11.0 Å². The molecular weight excluding hydrogens is 271 g/mol. The summed E-state index contributed by atoms with van der Waals surface area (Å²) in [5.74, 6) is 0.128. The quantitative estimate of drug-likeness (QED) is 0.788. The van der Waals surface area contributed by atoms with Crippen LogP contribution in [0.3, 0.4) is 0 Å². The molecule has 0 aliphatic carbocycles. The summed E-state index contributed by atoms with van der Waals surface area (Å²) in [4.78, 5) is 0. The zero-order chi connectivity index (χ0) is 14.8. The maximum Gasteiger partial charge on any atom is 0.167 e. The fourth-order valence-electron chi connectivity index (χ4n) is 2.15. The van der Waals surface area contributed by atoms with Gasteiger partial charge in [-0.15, -0.1) is 0 Å². The first-order valence-corrected chi connectivity index (χ1v) is 6.69. The average Bonchev–Trinajstić information content (AvgIpc) is 2.92. The molecule has 0 saturated heterocycles. The summed E-state index contributed by atoms with van der Waals surface area (Å²) in [6, 6.07) is 14.2. The van der Waals surface area contributed by atoms with Gasteiger partial charge < -0.3 is 14.3 Å². The third-order valence-electron chi connectivity index (χ3n) is 3.33. The number of fused-ring (bicyclic) bond motifs is 1. The van der Waals surface area contributed by atoms with Gasteiger partial charge in [-0.2, -0.15) is 0 Å². The number of rotatable bonds is 4. The fourth-order valence-corrected chi connectivity index (χ4v) is 2.15. The van der Waals surface area contributed by atoms with Crippen molar-refractivity contribution < 1.29 is 18.7 Å². The van der Waals surface area contributed by atoms with Crippen molar-refractivity contribution >= 4 is 11.0 Å². The Hall–Kier alpha value is -2.33. The summed E-state index contributed by atoms with van der Waals surface area (Å²) in [5.41, 5.74) is 1.21. The molecule has 0 amide bonds. The second kappa shape index (κ2) is 5.58. The first-order valence-electron chi connectivity index (χ1n) is 6.69. The van der Waals surface area contributed by atoms with E-state index in [1.165, 1.54) is 6.07 Å². The highest BCUT2D eigenvalue weighted by atomic mass is 19.1. The molecule has 3 aromatic rings. The van der Waals surface area contributed by atoms with Crippen LogP contribution >= 0.6 is 0 Å². The number of aliphatic hydroxyl groups is 1. The number of halogens is 1. The standard InChI is InChI=1S/C17H15FO3/c1-11-5-4-8-15(17(11)18)20-10-13(19)16-9-12-6-2-3-7-14(12)21-16/h2-9,13,19H,10H2,1H3. The minimum absolute atomic E-state index is 0.0693. The molecule has 0 aliphatic rings. The Labute approximate surface area is 121 Å². The highest BCUT2D eigenvalue weighted by Gasteiger charge is 2.15. The molecule has 1 heterocycles. The van der Waals surface area contributed by atoms with Crippen LogP contribution in [0.5, 0.6) is 5.75 Å². The summed E-state index contributed by atoms with van der Waals surface area (Å²) < 4.78 is 24.7. The van der Waals surface area contributed by atoms with Crippen LogP contribution in [0.4, 0.5) is 4.39 Å². The molecule has 0 spiro atoms. The number of aryl methyl sites for hydroxylation is 1. The minimum Gasteiger partial charge on any atom is -0.487 e. The fraction of sp³-hybridized carbons (Fsp3) is 0.176. The van der Waals surface area contributed by atoms with Crippen molar-refractivity contribution in [2.45, 2.75) is 13.0 Å². The zero-order valence-electron chi connectivity index (χ0n) is 11.5. The minimum atomic E-state index is -0.947. The van der Waals surface area contributed by atoms with Crippen LogP contribution in [0, 0.1) is 12.7 Å². The van der Waals surface area contributed by atoms with Crippen LogP contribution in [-0.2, 0) is 0 Å². The number of benzene rings is 2. The number of hydrogen-bond donors (Lipinski definition) is 1. The molecule has 2 aromatic carbocycles. The molecule has 1 N–H and O–H groups in total. The van der Waals surface area contributed by atoms with E-state index in [0.717, 1.165) is 5.39 Å². The Bertz CT molecular complexity index is 731. The summed E-state index contributed by atoms with van der Waals surface area (Å²) in [5, 5.41) is 11.0. The second-order valence-electron chi connectivity index (χ2n) is 4.90. The summed E-state index contributed by atoms with van der Waals surface area (Å²) in [6.07, 6.45) is -0.947. The lowest BCUT2D eigenvalue weighted by Gasteiger charge is -2.11. The van der Waals surface area contributed by atoms with E-state index in [1.54, 1.807) is 25.1 Å². The van der Waals surface area contributed by atoms with Crippen LogP contribution in [0.15, 0.2) is 52.9 Å². The van der Waals surface area contributed by atoms with E-state index in [0.29, 0.717) is 16.9 Å². The molecule has 0 fully saturated rings. The first kappa shape index (κ1) is 13.6. The third-order valence-corrected chi connectivity index (χ3v) is 3.33. The Morgan fingerprint density at radius 1 is 1.19 bits per heavy atom. The Morgan fingerprint density at radius 2 is 2.00 bits per heavy atom. The largest absolute Gasteiger partial charge is 0.487 e. The Balaban J connectivity index is 1.74. The molecule has 1 atom stereocenters. The molecule has 3 rings (SSSR count). The Morgan fingerprint density at radius 3 is 2.81 bits per heavy atom. The van der Waals surface area contributed by atoms with E-state index in [9.17, 15) is 9.50 Å². The number of para-hydroxylation sites is 1. The van der Waals surface area contributed by atoms with Gasteiger partial charge in [0.15, 0.2) is 11.6 Å². The third kappa shape index (κ3) is 2.76. The van der Waals surface area contributed by atoms with E-state index in [2.05, 4.69) is 0 Å². The van der Waals surface area contributed by atoms with Crippen molar-refractivity contribution in [1.29, 1.82) is 0 Å². The first-order chi connectivity index (χ1) is 10.1. The van der Waals surface area contributed by atoms with E-state index in [4.69, 9.17) is 9.15 Å². The molecule has 0 radical (unpaired) electrons. The summed E-state index contributed by atoms with van der Waals surface area (Å²) >= 11 is 0. The van der Waals surface area contributed by atoms with Gasteiger partial charge >= 0.3 is 0 Å². The molecule has 3 nitrogen and oxygen atoms in total. The van der Waals surface area contributed by atoms with Crippen LogP contribution in [0.2, 0.25) is 0 Å². The molecule has 1 aromatic heterocycles. The molecule has 4 heteroatoms. The predicted octanol–water partition coefficient (Wildman–Crippen LogP) is 3.99. The van der Waals surface area contributed by atoms with Gasteiger partial charge in [-0.1, -0.05) is 30.3 Å². The van der Waals surface area contributed by atoms with Crippen molar-refractivity contribution in [2.24, 2.45) is 0 Å². The lowest BCUT2D eigenvalue weighted by molar-refractivity contribution is 0.0882. The number of ether oxygens (including phenoxy) is 1. The van der Waals surface area contributed by atoms with Crippen molar-refractivity contribution in [1.82, 2.24) is 0 Å². The van der Waals surface area contributed by atoms with Crippen molar-refractivity contribution in [3.05, 3.63) is 65.7 Å². The summed E-state index contributed by atoms with van der Waals surface area (Å²) in [6.45, 7) is 1.60. The van der Waals surface area contributed by atoms with E-state index in [1.807, 2.05) is 24.3 Å². The highest BCUT2D eigenvalue weighted by molar-refractivity contribution is 5.77. The normalized spacial score (nSPS) is 12.5. The van der Waals surface area contributed by atoms with E-state index in [-0.39, 0.29) is 12.4 Å². The summed E-state index contributed by atoms with van der Waals surface area (Å²) in [7, 11) is 0. The highest BCUT2D eigenvalue weighted by Crippen LogP contribution is 2.25. The lowest BCUT2D eigenvalue weighted by atomic mass is 10.2. The van der Waals surface area contributed by atoms with E-state index >= 15 is 0 Å². The number of furan rings is 1. The van der Waals surface area contributed by atoms with Gasteiger partial charge in [0.2, 0.25) is 0 Å². The molecule has 21 heavy (non-hydrogen) atoms. The van der Waals surface area contributed by atoms with Gasteiger partial charge in [0.25, 0.3) is 0 Å². The maximum absolute atomic E-state index is 13.8. The molecule has 108 valence electrons. The topological polar surface area (TPSA) is 42.6 Å². The number of aliphatic hydroxyl groups excluding tert-OH is 1. The smallest absolute Gasteiger partial charge is 0.167 e. The molecule has 1 unspecified atom stereocenters. The lowest BCUT2D eigenvalue weighted by Crippen LogP contribution is -2.09. The average molecular weight is 286 g/mol. The van der Waals surface area contributed by atoms with E-state index < -0.39 is 11.9 Å². The second-order valence-corrected chi connectivity index (χ2v) is 4.90.